The monoisotopic (exact) mass is 389 g/mol. The molecule has 0 aliphatic carbocycles. The SMILES string of the molecule is Nc1nc(NCCc2ccc(-c3nn[nH]n3)cc2)nc2nc(-c3ccco3)nn12. The second-order valence-electron chi connectivity index (χ2n) is 6.14. The van der Waals surface area contributed by atoms with E-state index in [2.05, 4.69) is 46.0 Å². The number of nitrogens with zero attached hydrogens (tertiary/aromatic N) is 8. The highest BCUT2D eigenvalue weighted by Gasteiger charge is 2.13. The summed E-state index contributed by atoms with van der Waals surface area (Å²) >= 11 is 0. The van der Waals surface area contributed by atoms with E-state index in [0.29, 0.717) is 35.7 Å². The number of nitrogens with two attached hydrogens (primary N) is 1. The van der Waals surface area contributed by atoms with E-state index in [1.807, 2.05) is 24.3 Å². The molecule has 0 radical (unpaired) electrons. The summed E-state index contributed by atoms with van der Waals surface area (Å²) in [6.07, 6.45) is 2.32. The number of hydrogen-bond donors (Lipinski definition) is 3. The van der Waals surface area contributed by atoms with Crippen LogP contribution in [0.15, 0.2) is 47.1 Å². The van der Waals surface area contributed by atoms with Gasteiger partial charge in [-0.15, -0.1) is 15.3 Å². The van der Waals surface area contributed by atoms with Gasteiger partial charge >= 0.3 is 0 Å². The lowest BCUT2D eigenvalue weighted by molar-refractivity contribution is 0.577. The van der Waals surface area contributed by atoms with Crippen molar-refractivity contribution in [2.24, 2.45) is 0 Å². The third kappa shape index (κ3) is 3.34. The molecule has 0 aliphatic rings. The topological polar surface area (TPSA) is 162 Å². The molecule has 5 aromatic rings. The van der Waals surface area contributed by atoms with E-state index in [9.17, 15) is 0 Å². The zero-order valence-electron chi connectivity index (χ0n) is 15.0. The highest BCUT2D eigenvalue weighted by Crippen LogP contribution is 2.18. The minimum absolute atomic E-state index is 0.187. The average Bonchev–Trinajstić information content (AvgIpc) is 3.49. The molecule has 4 aromatic heterocycles. The summed E-state index contributed by atoms with van der Waals surface area (Å²) in [5.41, 5.74) is 8.03. The average molecular weight is 389 g/mol. The van der Waals surface area contributed by atoms with Gasteiger partial charge in [0.15, 0.2) is 5.76 Å². The molecule has 0 atom stereocenters. The molecule has 12 nitrogen and oxygen atoms in total. The van der Waals surface area contributed by atoms with Crippen molar-refractivity contribution in [3.63, 3.8) is 0 Å². The molecular formula is C17H15N11O. The second-order valence-corrected chi connectivity index (χ2v) is 6.14. The van der Waals surface area contributed by atoms with Crippen molar-refractivity contribution < 1.29 is 4.42 Å². The Kier molecular flexibility index (Phi) is 4.05. The molecule has 144 valence electrons. The van der Waals surface area contributed by atoms with E-state index >= 15 is 0 Å². The molecule has 0 saturated heterocycles. The summed E-state index contributed by atoms with van der Waals surface area (Å²) in [6, 6.07) is 11.5. The van der Waals surface area contributed by atoms with Gasteiger partial charge in [-0.3, -0.25) is 0 Å². The van der Waals surface area contributed by atoms with Crippen LogP contribution < -0.4 is 11.1 Å². The quantitative estimate of drug-likeness (QED) is 0.384. The number of furan rings is 1. The fourth-order valence-electron chi connectivity index (χ4n) is 2.82. The van der Waals surface area contributed by atoms with Crippen LogP contribution in [0, 0.1) is 0 Å². The van der Waals surface area contributed by atoms with Gasteiger partial charge in [0.2, 0.25) is 23.5 Å². The summed E-state index contributed by atoms with van der Waals surface area (Å²) in [5.74, 6) is 2.41. The molecule has 0 unspecified atom stereocenters. The molecule has 1 aromatic carbocycles. The highest BCUT2D eigenvalue weighted by atomic mass is 16.3. The third-order valence-electron chi connectivity index (χ3n) is 4.23. The Balaban J connectivity index is 1.27. The number of nitrogen functional groups attached to an aromatic ring is 1. The highest BCUT2D eigenvalue weighted by molar-refractivity contribution is 5.54. The maximum Gasteiger partial charge on any atom is 0.259 e. The Labute approximate surface area is 163 Å². The molecule has 12 heteroatoms. The zero-order valence-corrected chi connectivity index (χ0v) is 15.0. The van der Waals surface area contributed by atoms with Crippen molar-refractivity contribution in [1.29, 1.82) is 0 Å². The molecule has 29 heavy (non-hydrogen) atoms. The van der Waals surface area contributed by atoms with Crippen LogP contribution in [-0.2, 0) is 6.42 Å². The number of anilines is 2. The molecule has 4 heterocycles. The Morgan fingerprint density at radius 3 is 2.72 bits per heavy atom. The van der Waals surface area contributed by atoms with Crippen molar-refractivity contribution in [1.82, 2.24) is 45.2 Å². The normalized spacial score (nSPS) is 11.2. The number of H-pyrrole nitrogens is 1. The van der Waals surface area contributed by atoms with Crippen molar-refractivity contribution in [2.75, 3.05) is 17.6 Å². The van der Waals surface area contributed by atoms with Crippen LogP contribution in [0.2, 0.25) is 0 Å². The minimum Gasteiger partial charge on any atom is -0.461 e. The van der Waals surface area contributed by atoms with Crippen LogP contribution in [0.1, 0.15) is 5.56 Å². The van der Waals surface area contributed by atoms with Gasteiger partial charge in [0.05, 0.1) is 6.26 Å². The smallest absolute Gasteiger partial charge is 0.259 e. The first-order valence-corrected chi connectivity index (χ1v) is 8.77. The molecule has 4 N–H and O–H groups in total. The van der Waals surface area contributed by atoms with Gasteiger partial charge in [0.1, 0.15) is 0 Å². The van der Waals surface area contributed by atoms with Crippen molar-refractivity contribution in [2.45, 2.75) is 6.42 Å². The van der Waals surface area contributed by atoms with E-state index in [4.69, 9.17) is 10.2 Å². The number of rotatable bonds is 6. The van der Waals surface area contributed by atoms with Gasteiger partial charge in [-0.25, -0.2) is 0 Å². The van der Waals surface area contributed by atoms with Crippen molar-refractivity contribution in [3.8, 4) is 23.0 Å². The molecule has 0 fully saturated rings. The van der Waals surface area contributed by atoms with Crippen LogP contribution in [0.4, 0.5) is 11.9 Å². The van der Waals surface area contributed by atoms with E-state index in [1.54, 1.807) is 18.4 Å². The molecule has 0 bridgehead atoms. The van der Waals surface area contributed by atoms with Gasteiger partial charge in [-0.2, -0.15) is 24.7 Å². The number of tetrazole rings is 1. The second kappa shape index (κ2) is 6.99. The third-order valence-corrected chi connectivity index (χ3v) is 4.23. The molecule has 0 spiro atoms. The number of aromatic nitrogens is 9. The molecule has 0 aliphatic heterocycles. The summed E-state index contributed by atoms with van der Waals surface area (Å²) < 4.78 is 6.68. The van der Waals surface area contributed by atoms with Crippen molar-refractivity contribution >= 4 is 17.7 Å². The van der Waals surface area contributed by atoms with Crippen LogP contribution in [0.3, 0.4) is 0 Å². The Hall–Kier alpha value is -4.35. The van der Waals surface area contributed by atoms with Crippen LogP contribution in [-0.4, -0.2) is 51.7 Å². The lowest BCUT2D eigenvalue weighted by Crippen LogP contribution is -2.12. The molecular weight excluding hydrogens is 374 g/mol. The molecule has 5 rings (SSSR count). The number of hydrogen-bond acceptors (Lipinski definition) is 10. The Bertz CT molecular complexity index is 1230. The first-order valence-electron chi connectivity index (χ1n) is 8.77. The molecule has 0 amide bonds. The minimum atomic E-state index is 0.187. The first-order chi connectivity index (χ1) is 14.3. The maximum atomic E-state index is 5.99. The number of aromatic amines is 1. The summed E-state index contributed by atoms with van der Waals surface area (Å²) in [4.78, 5) is 12.9. The summed E-state index contributed by atoms with van der Waals surface area (Å²) in [5, 5.41) is 21.4. The predicted octanol–water partition coefficient (Wildman–Crippen LogP) is 1.20. The lowest BCUT2D eigenvalue weighted by Gasteiger charge is -2.06. The van der Waals surface area contributed by atoms with E-state index in [0.717, 1.165) is 17.5 Å². The fraction of sp³-hybridized carbons (Fsp3) is 0.118. The maximum absolute atomic E-state index is 5.99. The summed E-state index contributed by atoms with van der Waals surface area (Å²) in [6.45, 7) is 0.621. The fourth-order valence-corrected chi connectivity index (χ4v) is 2.82. The van der Waals surface area contributed by atoms with Crippen LogP contribution in [0.25, 0.3) is 28.8 Å². The molecule has 0 saturated carbocycles. The van der Waals surface area contributed by atoms with Gasteiger partial charge in [0, 0.05) is 12.1 Å². The first kappa shape index (κ1) is 16.8. The predicted molar refractivity (Wildman–Crippen MR) is 102 cm³/mol. The zero-order chi connectivity index (χ0) is 19.6. The summed E-state index contributed by atoms with van der Waals surface area (Å²) in [7, 11) is 0. The van der Waals surface area contributed by atoms with Gasteiger partial charge in [-0.05, 0) is 29.3 Å². The number of benzene rings is 1. The van der Waals surface area contributed by atoms with Crippen LogP contribution in [0.5, 0.6) is 0 Å². The van der Waals surface area contributed by atoms with Crippen LogP contribution >= 0.6 is 0 Å². The lowest BCUT2D eigenvalue weighted by atomic mass is 10.1. The number of nitrogens with one attached hydrogen (secondary N) is 2. The van der Waals surface area contributed by atoms with Gasteiger partial charge in [-0.1, -0.05) is 24.3 Å². The van der Waals surface area contributed by atoms with E-state index in [1.165, 1.54) is 4.52 Å². The Morgan fingerprint density at radius 2 is 1.97 bits per heavy atom. The largest absolute Gasteiger partial charge is 0.461 e. The Morgan fingerprint density at radius 1 is 1.07 bits per heavy atom. The van der Waals surface area contributed by atoms with Gasteiger partial charge < -0.3 is 15.5 Å². The van der Waals surface area contributed by atoms with E-state index < -0.39 is 0 Å². The standard InChI is InChI=1S/C17H15N11O/c18-15-21-16(22-17-20-14(25-28(15)17)12-2-1-9-29-12)19-8-7-10-3-5-11(6-4-10)13-23-26-27-24-13/h1-6,9H,7-8H2,(H,23,24,26,27)(H3,18,19,20,21,22,25). The van der Waals surface area contributed by atoms with Gasteiger partial charge in [0.25, 0.3) is 5.78 Å². The van der Waals surface area contributed by atoms with E-state index in [-0.39, 0.29) is 5.95 Å². The van der Waals surface area contributed by atoms with Crippen molar-refractivity contribution in [3.05, 3.63) is 48.2 Å². The number of fused-ring (bicyclic) bond motifs is 1.